The standard InChI is InChI=1S/C37H64O9/c1-20(2)11-10-14-37(8,44-9)21-12-16-35(6)27(21)22(39)17-25-34(5)15-13-26(40)33(3,4)31(34)23(18-36(25,35)7)45-32-30(43)29(42)28(41)24(19-38)46-32/h11,21-32,38-43H,10,12-19H2,1-9H3/t21-,22+,23-,24+,25+,26-,27-,28-,29-,30+,31-,32-,34+,35+,36+,37-/m0/s1. The molecule has 9 nitrogen and oxygen atoms in total. The minimum Gasteiger partial charge on any atom is -0.394 e. The van der Waals surface area contributed by atoms with Gasteiger partial charge in [-0.25, -0.2) is 0 Å². The van der Waals surface area contributed by atoms with Crippen LogP contribution in [0.5, 0.6) is 0 Å². The average molecular weight is 653 g/mol. The lowest BCUT2D eigenvalue weighted by Crippen LogP contribution is -2.71. The van der Waals surface area contributed by atoms with Gasteiger partial charge in [0.25, 0.3) is 0 Å². The highest BCUT2D eigenvalue weighted by Crippen LogP contribution is 2.76. The summed E-state index contributed by atoms with van der Waals surface area (Å²) in [5.41, 5.74) is -0.422. The van der Waals surface area contributed by atoms with Crippen molar-refractivity contribution in [2.24, 2.45) is 45.3 Å². The highest BCUT2D eigenvalue weighted by atomic mass is 16.7. The van der Waals surface area contributed by atoms with Crippen molar-refractivity contribution in [1.82, 2.24) is 0 Å². The van der Waals surface area contributed by atoms with E-state index in [9.17, 15) is 30.6 Å². The van der Waals surface area contributed by atoms with Gasteiger partial charge in [0.1, 0.15) is 24.4 Å². The maximum atomic E-state index is 12.2. The van der Waals surface area contributed by atoms with Crippen molar-refractivity contribution < 1.29 is 44.8 Å². The van der Waals surface area contributed by atoms with Crippen molar-refractivity contribution in [1.29, 1.82) is 0 Å². The molecule has 5 aliphatic rings. The van der Waals surface area contributed by atoms with E-state index in [0.717, 1.165) is 32.1 Å². The molecule has 0 radical (unpaired) electrons. The molecule has 0 spiro atoms. The van der Waals surface area contributed by atoms with Crippen LogP contribution in [0.2, 0.25) is 0 Å². The molecule has 0 amide bonds. The van der Waals surface area contributed by atoms with Gasteiger partial charge in [-0.1, -0.05) is 46.3 Å². The van der Waals surface area contributed by atoms with Gasteiger partial charge in [0.15, 0.2) is 6.29 Å². The molecule has 9 heteroatoms. The Balaban J connectivity index is 1.55. The molecule has 0 aromatic heterocycles. The molecule has 0 aromatic carbocycles. The normalized spacial score (nSPS) is 51.4. The number of hydrogen-bond acceptors (Lipinski definition) is 9. The third-order valence-electron chi connectivity index (χ3n) is 14.8. The number of allylic oxidation sites excluding steroid dienone is 2. The van der Waals surface area contributed by atoms with Crippen molar-refractivity contribution in [3.05, 3.63) is 11.6 Å². The average Bonchev–Trinajstić information content (AvgIpc) is 3.37. The molecule has 0 unspecified atom stereocenters. The molecule has 5 fully saturated rings. The molecule has 4 aliphatic carbocycles. The highest BCUT2D eigenvalue weighted by molar-refractivity contribution is 5.22. The van der Waals surface area contributed by atoms with Crippen LogP contribution in [-0.4, -0.2) is 99.0 Å². The van der Waals surface area contributed by atoms with Crippen LogP contribution in [0.4, 0.5) is 0 Å². The molecular formula is C37H64O9. The van der Waals surface area contributed by atoms with Crippen LogP contribution in [0.3, 0.4) is 0 Å². The van der Waals surface area contributed by atoms with E-state index >= 15 is 0 Å². The maximum Gasteiger partial charge on any atom is 0.186 e. The summed E-state index contributed by atoms with van der Waals surface area (Å²) < 4.78 is 19.0. The van der Waals surface area contributed by atoms with Gasteiger partial charge in [0.05, 0.1) is 30.5 Å². The van der Waals surface area contributed by atoms with E-state index in [1.54, 1.807) is 0 Å². The molecule has 266 valence electrons. The van der Waals surface area contributed by atoms with Crippen molar-refractivity contribution >= 4 is 0 Å². The van der Waals surface area contributed by atoms with Gasteiger partial charge in [-0.05, 0) is 117 Å². The Bertz CT molecular complexity index is 1120. The lowest BCUT2D eigenvalue weighted by atomic mass is 9.34. The second kappa shape index (κ2) is 12.6. The summed E-state index contributed by atoms with van der Waals surface area (Å²) in [6.45, 7) is 17.2. The first kappa shape index (κ1) is 36.7. The van der Waals surface area contributed by atoms with Gasteiger partial charge in [-0.15, -0.1) is 0 Å². The summed E-state index contributed by atoms with van der Waals surface area (Å²) in [4.78, 5) is 0. The summed E-state index contributed by atoms with van der Waals surface area (Å²) in [5, 5.41) is 65.6. The van der Waals surface area contributed by atoms with Gasteiger partial charge in [0.2, 0.25) is 0 Å². The minimum atomic E-state index is -1.53. The molecule has 1 aliphatic heterocycles. The molecule has 6 N–H and O–H groups in total. The predicted octanol–water partition coefficient (Wildman–Crippen LogP) is 3.95. The first-order valence-electron chi connectivity index (χ1n) is 17.8. The van der Waals surface area contributed by atoms with Crippen LogP contribution in [0.25, 0.3) is 0 Å². The Morgan fingerprint density at radius 3 is 2.22 bits per heavy atom. The predicted molar refractivity (Wildman–Crippen MR) is 174 cm³/mol. The lowest BCUT2D eigenvalue weighted by molar-refractivity contribution is -0.347. The zero-order valence-corrected chi connectivity index (χ0v) is 29.8. The fourth-order valence-electron chi connectivity index (χ4n) is 12.1. The van der Waals surface area contributed by atoms with E-state index in [1.165, 1.54) is 5.57 Å². The first-order chi connectivity index (χ1) is 21.3. The molecule has 1 saturated heterocycles. The van der Waals surface area contributed by atoms with Gasteiger partial charge in [0, 0.05) is 7.11 Å². The van der Waals surface area contributed by atoms with E-state index in [4.69, 9.17) is 14.2 Å². The Hall–Kier alpha value is -0.620. The minimum absolute atomic E-state index is 0.0284. The highest BCUT2D eigenvalue weighted by Gasteiger charge is 2.73. The van der Waals surface area contributed by atoms with Crippen LogP contribution in [0, 0.1) is 45.3 Å². The van der Waals surface area contributed by atoms with Gasteiger partial charge in [-0.2, -0.15) is 0 Å². The Labute approximate surface area is 276 Å². The number of aliphatic hydroxyl groups excluding tert-OH is 6. The SMILES string of the molecule is CO[C@@](C)(CCC=C(C)C)[C@H]1CC[C@]2(C)[C@@H]1[C@H](O)C[C@@H]1[C@@]3(C)CC[C@H](O)C(C)(C)[C@@H]3[C@@H](O[C@H]3O[C@H](CO)[C@H](O)[C@H](O)[C@H]3O)C[C@]12C. The van der Waals surface area contributed by atoms with E-state index in [-0.39, 0.29) is 45.5 Å². The first-order valence-corrected chi connectivity index (χ1v) is 17.8. The zero-order valence-electron chi connectivity index (χ0n) is 29.8. The third-order valence-corrected chi connectivity index (χ3v) is 14.8. The monoisotopic (exact) mass is 652 g/mol. The molecule has 1 heterocycles. The van der Waals surface area contributed by atoms with Crippen LogP contribution < -0.4 is 0 Å². The number of fused-ring (bicyclic) bond motifs is 5. The fourth-order valence-corrected chi connectivity index (χ4v) is 12.1. The van der Waals surface area contributed by atoms with E-state index in [2.05, 4.69) is 61.5 Å². The van der Waals surface area contributed by atoms with Crippen LogP contribution in [-0.2, 0) is 14.2 Å². The number of methoxy groups -OCH3 is 1. The van der Waals surface area contributed by atoms with E-state index in [0.29, 0.717) is 19.3 Å². The number of rotatable bonds is 8. The van der Waals surface area contributed by atoms with E-state index in [1.807, 2.05) is 7.11 Å². The second-order valence-corrected chi connectivity index (χ2v) is 17.6. The van der Waals surface area contributed by atoms with E-state index < -0.39 is 61.0 Å². The third kappa shape index (κ3) is 5.47. The molecule has 5 rings (SSSR count). The largest absolute Gasteiger partial charge is 0.394 e. The summed E-state index contributed by atoms with van der Waals surface area (Å²) in [5.74, 6) is 0.245. The number of ether oxygens (including phenoxy) is 3. The number of aliphatic hydroxyl groups is 6. The number of hydrogen-bond donors (Lipinski definition) is 6. The lowest BCUT2D eigenvalue weighted by Gasteiger charge is -2.72. The summed E-state index contributed by atoms with van der Waals surface area (Å²) in [7, 11) is 1.81. The quantitative estimate of drug-likeness (QED) is 0.169. The maximum absolute atomic E-state index is 12.2. The summed E-state index contributed by atoms with van der Waals surface area (Å²) >= 11 is 0. The molecule has 0 aromatic rings. The van der Waals surface area contributed by atoms with Crippen molar-refractivity contribution in [3.63, 3.8) is 0 Å². The van der Waals surface area contributed by atoms with Crippen molar-refractivity contribution in [2.45, 2.75) is 161 Å². The second-order valence-electron chi connectivity index (χ2n) is 17.6. The van der Waals surface area contributed by atoms with Gasteiger partial charge >= 0.3 is 0 Å². The topological polar surface area (TPSA) is 149 Å². The Morgan fingerprint density at radius 1 is 0.935 bits per heavy atom. The molecule has 0 bridgehead atoms. The van der Waals surface area contributed by atoms with Gasteiger partial charge < -0.3 is 44.8 Å². The smallest absolute Gasteiger partial charge is 0.186 e. The molecule has 16 atom stereocenters. The van der Waals surface area contributed by atoms with Gasteiger partial charge in [-0.3, -0.25) is 0 Å². The molecule has 46 heavy (non-hydrogen) atoms. The van der Waals surface area contributed by atoms with Crippen LogP contribution in [0.1, 0.15) is 107 Å². The Kier molecular flexibility index (Phi) is 10.0. The molecule has 4 saturated carbocycles. The molecular weight excluding hydrogens is 588 g/mol. The summed E-state index contributed by atoms with van der Waals surface area (Å²) in [6.07, 6.45) is 0.454. The van der Waals surface area contributed by atoms with Crippen LogP contribution >= 0.6 is 0 Å². The van der Waals surface area contributed by atoms with Crippen molar-refractivity contribution in [3.8, 4) is 0 Å². The Morgan fingerprint density at radius 2 is 1.61 bits per heavy atom. The van der Waals surface area contributed by atoms with Crippen LogP contribution in [0.15, 0.2) is 11.6 Å². The fraction of sp³-hybridized carbons (Fsp3) is 0.946. The zero-order chi connectivity index (χ0) is 34.2. The summed E-state index contributed by atoms with van der Waals surface area (Å²) in [6, 6.07) is 0. The van der Waals surface area contributed by atoms with Crippen molar-refractivity contribution in [2.75, 3.05) is 13.7 Å².